The predicted molar refractivity (Wildman–Crippen MR) is 98.9 cm³/mol. The van der Waals surface area contributed by atoms with Crippen molar-refractivity contribution < 1.29 is 14.3 Å². The summed E-state index contributed by atoms with van der Waals surface area (Å²) >= 11 is 6.60. The molecule has 1 aliphatic heterocycles. The number of thioether (sulfide) groups is 1. The molecule has 1 aromatic rings. The molecule has 4 nitrogen and oxygen atoms in total. The normalized spacial score (nSPS) is 16.1. The van der Waals surface area contributed by atoms with E-state index >= 15 is 0 Å². The number of rotatable bonds is 7. The molecule has 0 atom stereocenters. The van der Waals surface area contributed by atoms with E-state index in [9.17, 15) is 4.79 Å². The zero-order valence-electron chi connectivity index (χ0n) is 13.2. The molecule has 0 aromatic heterocycles. The molecule has 1 amide bonds. The molecule has 2 rings (SSSR count). The average molecular weight is 349 g/mol. The third-order valence-corrected chi connectivity index (χ3v) is 4.56. The van der Waals surface area contributed by atoms with Crippen molar-refractivity contribution in [2.75, 3.05) is 20.3 Å². The quantitative estimate of drug-likeness (QED) is 0.424. The molecule has 1 aliphatic rings. The Morgan fingerprint density at radius 1 is 1.43 bits per heavy atom. The summed E-state index contributed by atoms with van der Waals surface area (Å²) in [5.74, 6) is 1.15. The minimum Gasteiger partial charge on any atom is -0.493 e. The number of hydrogen-bond acceptors (Lipinski definition) is 5. The van der Waals surface area contributed by atoms with Crippen LogP contribution in [-0.4, -0.2) is 35.4 Å². The molecule has 6 heteroatoms. The lowest BCUT2D eigenvalue weighted by Crippen LogP contribution is -2.28. The van der Waals surface area contributed by atoms with Crippen molar-refractivity contribution >= 4 is 40.3 Å². The number of ether oxygens (including phenoxy) is 2. The van der Waals surface area contributed by atoms with E-state index in [-0.39, 0.29) is 5.91 Å². The first-order valence-corrected chi connectivity index (χ1v) is 8.50. The van der Waals surface area contributed by atoms with Gasteiger partial charge in [-0.3, -0.25) is 9.69 Å². The fourth-order valence-electron chi connectivity index (χ4n) is 2.16. The highest BCUT2D eigenvalue weighted by Gasteiger charge is 2.31. The van der Waals surface area contributed by atoms with Gasteiger partial charge in [-0.15, -0.1) is 0 Å². The first kappa shape index (κ1) is 17.6. The maximum Gasteiger partial charge on any atom is 0.266 e. The van der Waals surface area contributed by atoms with E-state index < -0.39 is 0 Å². The Morgan fingerprint density at radius 3 is 2.87 bits per heavy atom. The molecule has 0 radical (unpaired) electrons. The van der Waals surface area contributed by atoms with E-state index in [4.69, 9.17) is 21.7 Å². The largest absolute Gasteiger partial charge is 0.493 e. The van der Waals surface area contributed by atoms with E-state index in [1.165, 1.54) is 11.8 Å². The molecule has 1 fully saturated rings. The number of carbonyl (C=O) groups excluding carboxylic acids is 1. The zero-order chi connectivity index (χ0) is 16.8. The number of carbonyl (C=O) groups is 1. The molecule has 122 valence electrons. The maximum absolute atomic E-state index is 12.5. The van der Waals surface area contributed by atoms with Crippen LogP contribution in [-0.2, 0) is 4.79 Å². The molecule has 1 heterocycles. The fraction of sp³-hybridized carbons (Fsp3) is 0.294. The number of benzene rings is 1. The Morgan fingerprint density at radius 2 is 2.22 bits per heavy atom. The standard InChI is InChI=1S/C17H19NO3S2/c1-4-9-18-16(19)14(23-17(18)22)11-12-7-6-8-13(20-3)15(12)21-10-5-2/h5-8,11H,2,4,9-10H2,1,3H3/b14-11+. The summed E-state index contributed by atoms with van der Waals surface area (Å²) < 4.78 is 11.6. The Hall–Kier alpha value is -1.79. The van der Waals surface area contributed by atoms with Gasteiger partial charge in [-0.1, -0.05) is 55.7 Å². The Labute approximate surface area is 146 Å². The van der Waals surface area contributed by atoms with Crippen LogP contribution in [0.1, 0.15) is 18.9 Å². The molecule has 1 saturated heterocycles. The molecule has 1 aromatic carbocycles. The van der Waals surface area contributed by atoms with Crippen LogP contribution < -0.4 is 9.47 Å². The highest BCUT2D eigenvalue weighted by Crippen LogP contribution is 2.37. The molecule has 0 spiro atoms. The molecular formula is C17H19NO3S2. The van der Waals surface area contributed by atoms with Crippen molar-refractivity contribution in [3.05, 3.63) is 41.3 Å². The van der Waals surface area contributed by atoms with Crippen molar-refractivity contribution in [1.82, 2.24) is 4.90 Å². The van der Waals surface area contributed by atoms with Gasteiger partial charge >= 0.3 is 0 Å². The van der Waals surface area contributed by atoms with E-state index in [1.807, 2.05) is 25.1 Å². The van der Waals surface area contributed by atoms with E-state index in [2.05, 4.69) is 6.58 Å². The first-order valence-electron chi connectivity index (χ1n) is 7.28. The van der Waals surface area contributed by atoms with Crippen LogP contribution in [0.4, 0.5) is 0 Å². The summed E-state index contributed by atoms with van der Waals surface area (Å²) in [5.41, 5.74) is 0.781. The van der Waals surface area contributed by atoms with Crippen molar-refractivity contribution in [2.45, 2.75) is 13.3 Å². The third kappa shape index (κ3) is 3.95. The number of methoxy groups -OCH3 is 1. The number of para-hydroxylation sites is 1. The number of hydrogen-bond donors (Lipinski definition) is 0. The average Bonchev–Trinajstić information content (AvgIpc) is 2.81. The van der Waals surface area contributed by atoms with Gasteiger partial charge in [0, 0.05) is 12.1 Å². The van der Waals surface area contributed by atoms with Gasteiger partial charge in [-0.25, -0.2) is 0 Å². The maximum atomic E-state index is 12.5. The van der Waals surface area contributed by atoms with Gasteiger partial charge in [0.15, 0.2) is 11.5 Å². The summed E-state index contributed by atoms with van der Waals surface area (Å²) in [4.78, 5) is 14.7. The molecule has 23 heavy (non-hydrogen) atoms. The minimum atomic E-state index is -0.0562. The molecule has 0 N–H and O–H groups in total. The van der Waals surface area contributed by atoms with Crippen LogP contribution in [0.2, 0.25) is 0 Å². The molecule has 0 unspecified atom stereocenters. The lowest BCUT2D eigenvalue weighted by Gasteiger charge is -2.13. The lowest BCUT2D eigenvalue weighted by atomic mass is 10.1. The first-order chi connectivity index (χ1) is 11.1. The summed E-state index contributed by atoms with van der Waals surface area (Å²) in [5, 5.41) is 0. The molecule has 0 saturated carbocycles. The number of nitrogens with zero attached hydrogens (tertiary/aromatic N) is 1. The van der Waals surface area contributed by atoms with Crippen molar-refractivity contribution in [2.24, 2.45) is 0 Å². The van der Waals surface area contributed by atoms with Gasteiger partial charge in [0.05, 0.1) is 12.0 Å². The van der Waals surface area contributed by atoms with Crippen molar-refractivity contribution in [1.29, 1.82) is 0 Å². The van der Waals surface area contributed by atoms with E-state index in [1.54, 1.807) is 24.2 Å². The predicted octanol–water partition coefficient (Wildman–Crippen LogP) is 3.87. The van der Waals surface area contributed by atoms with Gasteiger partial charge in [0.25, 0.3) is 5.91 Å². The van der Waals surface area contributed by atoms with Gasteiger partial charge < -0.3 is 9.47 Å². The van der Waals surface area contributed by atoms with Gasteiger partial charge in [-0.05, 0) is 18.6 Å². The van der Waals surface area contributed by atoms with E-state index in [0.29, 0.717) is 33.9 Å². The van der Waals surface area contributed by atoms with Crippen LogP contribution in [0.3, 0.4) is 0 Å². The monoisotopic (exact) mass is 349 g/mol. The van der Waals surface area contributed by atoms with Crippen LogP contribution in [0.15, 0.2) is 35.8 Å². The second-order valence-corrected chi connectivity index (χ2v) is 6.49. The summed E-state index contributed by atoms with van der Waals surface area (Å²) in [6.45, 7) is 6.67. The fourth-order valence-corrected chi connectivity index (χ4v) is 3.46. The second kappa shape index (κ2) is 8.17. The van der Waals surface area contributed by atoms with Crippen LogP contribution >= 0.6 is 24.0 Å². The van der Waals surface area contributed by atoms with Gasteiger partial charge in [-0.2, -0.15) is 0 Å². The SMILES string of the molecule is C=CCOc1c(/C=C2/SC(=S)N(CCC)C2=O)cccc1OC. The number of thiocarbonyl (C=S) groups is 1. The van der Waals surface area contributed by atoms with Crippen molar-refractivity contribution in [3.63, 3.8) is 0 Å². The topological polar surface area (TPSA) is 38.8 Å². The smallest absolute Gasteiger partial charge is 0.266 e. The van der Waals surface area contributed by atoms with Crippen molar-refractivity contribution in [3.8, 4) is 11.5 Å². The van der Waals surface area contributed by atoms with Gasteiger partial charge in [0.1, 0.15) is 10.9 Å². The highest BCUT2D eigenvalue weighted by atomic mass is 32.2. The summed E-state index contributed by atoms with van der Waals surface area (Å²) in [6.07, 6.45) is 4.33. The van der Waals surface area contributed by atoms with Gasteiger partial charge in [0.2, 0.25) is 0 Å². The van der Waals surface area contributed by atoms with Crippen LogP contribution in [0.25, 0.3) is 6.08 Å². The summed E-state index contributed by atoms with van der Waals surface area (Å²) in [6, 6.07) is 5.56. The molecule has 0 aliphatic carbocycles. The Bertz CT molecular complexity index is 655. The van der Waals surface area contributed by atoms with Crippen LogP contribution in [0.5, 0.6) is 11.5 Å². The molecule has 0 bridgehead atoms. The Kier molecular flexibility index (Phi) is 6.24. The Balaban J connectivity index is 2.37. The van der Waals surface area contributed by atoms with Crippen LogP contribution in [0, 0.1) is 0 Å². The third-order valence-electron chi connectivity index (χ3n) is 3.18. The molecular weight excluding hydrogens is 330 g/mol. The lowest BCUT2D eigenvalue weighted by molar-refractivity contribution is -0.122. The minimum absolute atomic E-state index is 0.0562. The zero-order valence-corrected chi connectivity index (χ0v) is 14.8. The second-order valence-electron chi connectivity index (χ2n) is 4.81. The number of amides is 1. The van der Waals surface area contributed by atoms with E-state index in [0.717, 1.165) is 12.0 Å². The highest BCUT2D eigenvalue weighted by molar-refractivity contribution is 8.26. The summed E-state index contributed by atoms with van der Waals surface area (Å²) in [7, 11) is 1.58.